The van der Waals surface area contributed by atoms with Crippen LogP contribution in [0.15, 0.2) is 23.3 Å². The minimum absolute atomic E-state index is 0.0112. The van der Waals surface area contributed by atoms with E-state index in [0.29, 0.717) is 11.5 Å². The van der Waals surface area contributed by atoms with E-state index in [4.69, 9.17) is 4.74 Å². The molecule has 7 heteroatoms. The molecular weight excluding hydrogens is 248 g/mol. The topological polar surface area (TPSA) is 76.8 Å². The van der Waals surface area contributed by atoms with E-state index in [9.17, 15) is 9.59 Å². The van der Waals surface area contributed by atoms with Crippen molar-refractivity contribution in [2.75, 3.05) is 25.6 Å². The first-order valence-electron chi connectivity index (χ1n) is 5.77. The number of anilines is 1. The van der Waals surface area contributed by atoms with Crippen LogP contribution >= 0.6 is 0 Å². The second-order valence-electron chi connectivity index (χ2n) is 4.04. The van der Waals surface area contributed by atoms with Crippen LogP contribution in [0.1, 0.15) is 17.4 Å². The summed E-state index contributed by atoms with van der Waals surface area (Å²) in [6.45, 7) is 1.92. The van der Waals surface area contributed by atoms with Gasteiger partial charge in [-0.25, -0.2) is 14.8 Å². The number of carbonyl (C=O) groups excluding carboxylic acids is 1. The van der Waals surface area contributed by atoms with Gasteiger partial charge in [0.05, 0.1) is 6.61 Å². The average Bonchev–Trinajstić information content (AvgIpc) is 2.38. The summed E-state index contributed by atoms with van der Waals surface area (Å²) in [5, 5.41) is 0. The fourth-order valence-corrected chi connectivity index (χ4v) is 1.65. The highest BCUT2D eigenvalue weighted by Gasteiger charge is 2.14. The third-order valence-corrected chi connectivity index (χ3v) is 2.47. The van der Waals surface area contributed by atoms with Crippen LogP contribution in [0.5, 0.6) is 0 Å². The summed E-state index contributed by atoms with van der Waals surface area (Å²) < 4.78 is 6.19. The Bertz CT molecular complexity index is 678. The van der Waals surface area contributed by atoms with E-state index in [1.54, 1.807) is 25.9 Å². The summed E-state index contributed by atoms with van der Waals surface area (Å²) >= 11 is 0. The van der Waals surface area contributed by atoms with Gasteiger partial charge < -0.3 is 9.64 Å². The van der Waals surface area contributed by atoms with Crippen molar-refractivity contribution in [3.8, 4) is 0 Å². The highest BCUT2D eigenvalue weighted by atomic mass is 16.5. The number of fused-ring (bicyclic) bond motifs is 1. The molecule has 0 radical (unpaired) electrons. The Morgan fingerprint density at radius 1 is 1.47 bits per heavy atom. The van der Waals surface area contributed by atoms with Gasteiger partial charge in [-0.2, -0.15) is 0 Å². The first kappa shape index (κ1) is 13.0. The number of hydrogen-bond acceptors (Lipinski definition) is 6. The molecule has 0 aliphatic carbocycles. The molecule has 0 saturated carbocycles. The third kappa shape index (κ3) is 2.40. The van der Waals surface area contributed by atoms with E-state index in [1.807, 2.05) is 0 Å². The second kappa shape index (κ2) is 5.05. The Kier molecular flexibility index (Phi) is 3.46. The number of ether oxygens (including phenoxy) is 1. The third-order valence-electron chi connectivity index (χ3n) is 2.47. The molecule has 2 aromatic rings. The number of rotatable bonds is 3. The Morgan fingerprint density at radius 2 is 2.21 bits per heavy atom. The quantitative estimate of drug-likeness (QED) is 0.742. The molecule has 19 heavy (non-hydrogen) atoms. The van der Waals surface area contributed by atoms with E-state index in [0.717, 1.165) is 6.07 Å². The lowest BCUT2D eigenvalue weighted by atomic mass is 10.4. The summed E-state index contributed by atoms with van der Waals surface area (Å²) in [4.78, 5) is 33.6. The normalized spacial score (nSPS) is 10.5. The van der Waals surface area contributed by atoms with Gasteiger partial charge in [-0.05, 0) is 6.92 Å². The lowest BCUT2D eigenvalue weighted by molar-refractivity contribution is 0.0519. The Hall–Kier alpha value is -2.44. The smallest absolute Gasteiger partial charge is 0.357 e. The van der Waals surface area contributed by atoms with Crippen LogP contribution in [0.4, 0.5) is 5.82 Å². The summed E-state index contributed by atoms with van der Waals surface area (Å²) in [6.07, 6.45) is 3.02. The standard InChI is InChI=1S/C12H14N4O3/c1-4-19-12(18)8-7-9(17)16-6-5-13-10(15(2)3)11(16)14-8/h5-7H,4H2,1-3H3. The van der Waals surface area contributed by atoms with Crippen molar-refractivity contribution in [2.24, 2.45) is 0 Å². The maximum atomic E-state index is 12.0. The van der Waals surface area contributed by atoms with Crippen LogP contribution < -0.4 is 10.5 Å². The SMILES string of the molecule is CCOC(=O)c1cc(=O)n2ccnc(N(C)C)c2n1. The maximum Gasteiger partial charge on any atom is 0.357 e. The highest BCUT2D eigenvalue weighted by Crippen LogP contribution is 2.12. The minimum atomic E-state index is -0.615. The zero-order valence-electron chi connectivity index (χ0n) is 11.0. The molecule has 0 saturated heterocycles. The fourth-order valence-electron chi connectivity index (χ4n) is 1.65. The molecule has 2 aromatic heterocycles. The van der Waals surface area contributed by atoms with E-state index in [2.05, 4.69) is 9.97 Å². The van der Waals surface area contributed by atoms with Crippen LogP contribution in [0.3, 0.4) is 0 Å². The second-order valence-corrected chi connectivity index (χ2v) is 4.04. The zero-order chi connectivity index (χ0) is 14.0. The predicted molar refractivity (Wildman–Crippen MR) is 69.5 cm³/mol. The van der Waals surface area contributed by atoms with E-state index in [-0.39, 0.29) is 17.9 Å². The van der Waals surface area contributed by atoms with Gasteiger partial charge in [0.1, 0.15) is 0 Å². The van der Waals surface area contributed by atoms with Gasteiger partial charge in [0.25, 0.3) is 5.56 Å². The van der Waals surface area contributed by atoms with Gasteiger partial charge in [-0.15, -0.1) is 0 Å². The Morgan fingerprint density at radius 3 is 2.84 bits per heavy atom. The molecule has 100 valence electrons. The van der Waals surface area contributed by atoms with Crippen LogP contribution in [0.25, 0.3) is 5.65 Å². The highest BCUT2D eigenvalue weighted by molar-refractivity contribution is 5.88. The van der Waals surface area contributed by atoms with E-state index in [1.165, 1.54) is 16.8 Å². The van der Waals surface area contributed by atoms with E-state index < -0.39 is 5.97 Å². The number of esters is 1. The number of nitrogens with zero attached hydrogens (tertiary/aromatic N) is 4. The van der Waals surface area contributed by atoms with Gasteiger partial charge in [0.2, 0.25) is 0 Å². The molecule has 2 rings (SSSR count). The van der Waals surface area contributed by atoms with Crippen LogP contribution in [0.2, 0.25) is 0 Å². The predicted octanol–water partition coefficient (Wildman–Crippen LogP) is 0.332. The van der Waals surface area contributed by atoms with Crippen molar-refractivity contribution in [2.45, 2.75) is 6.92 Å². The molecule has 0 aliphatic heterocycles. The minimum Gasteiger partial charge on any atom is -0.461 e. The molecule has 0 atom stereocenters. The molecule has 7 nitrogen and oxygen atoms in total. The largest absolute Gasteiger partial charge is 0.461 e. The van der Waals surface area contributed by atoms with Gasteiger partial charge in [0, 0.05) is 32.6 Å². The Labute approximate surface area is 109 Å². The number of carbonyl (C=O) groups is 1. The molecule has 0 bridgehead atoms. The van der Waals surface area contributed by atoms with Crippen LogP contribution in [0, 0.1) is 0 Å². The van der Waals surface area contributed by atoms with Crippen LogP contribution in [-0.2, 0) is 4.74 Å². The first-order chi connectivity index (χ1) is 9.04. The molecule has 0 amide bonds. The fraction of sp³-hybridized carbons (Fsp3) is 0.333. The molecule has 2 heterocycles. The first-order valence-corrected chi connectivity index (χ1v) is 5.77. The summed E-state index contributed by atoms with van der Waals surface area (Å²) in [5.41, 5.74) is -0.0374. The van der Waals surface area contributed by atoms with Crippen molar-refractivity contribution < 1.29 is 9.53 Å². The summed E-state index contributed by atoms with van der Waals surface area (Å²) in [5.74, 6) is -0.110. The van der Waals surface area contributed by atoms with Gasteiger partial charge >= 0.3 is 5.97 Å². The van der Waals surface area contributed by atoms with Gasteiger partial charge in [-0.1, -0.05) is 0 Å². The lowest BCUT2D eigenvalue weighted by Crippen LogP contribution is -2.22. The van der Waals surface area contributed by atoms with Crippen molar-refractivity contribution in [1.29, 1.82) is 0 Å². The molecule has 0 spiro atoms. The Balaban J connectivity index is 2.70. The summed E-state index contributed by atoms with van der Waals surface area (Å²) in [7, 11) is 3.57. The van der Waals surface area contributed by atoms with Crippen molar-refractivity contribution in [3.63, 3.8) is 0 Å². The zero-order valence-corrected chi connectivity index (χ0v) is 11.0. The molecule has 0 unspecified atom stereocenters. The van der Waals surface area contributed by atoms with Gasteiger partial charge in [0.15, 0.2) is 17.2 Å². The number of hydrogen-bond donors (Lipinski definition) is 0. The van der Waals surface area contributed by atoms with Crippen molar-refractivity contribution in [1.82, 2.24) is 14.4 Å². The lowest BCUT2D eigenvalue weighted by Gasteiger charge is -2.13. The molecule has 0 fully saturated rings. The van der Waals surface area contributed by atoms with Crippen molar-refractivity contribution >= 4 is 17.4 Å². The molecule has 0 aliphatic rings. The van der Waals surface area contributed by atoms with E-state index >= 15 is 0 Å². The van der Waals surface area contributed by atoms with Gasteiger partial charge in [-0.3, -0.25) is 9.20 Å². The molecule has 0 N–H and O–H groups in total. The monoisotopic (exact) mass is 262 g/mol. The number of aromatic nitrogens is 3. The maximum absolute atomic E-state index is 12.0. The summed E-state index contributed by atoms with van der Waals surface area (Å²) in [6, 6.07) is 1.16. The molecular formula is C12H14N4O3. The van der Waals surface area contributed by atoms with Crippen molar-refractivity contribution in [3.05, 3.63) is 34.5 Å². The average molecular weight is 262 g/mol. The van der Waals surface area contributed by atoms with Crippen LogP contribution in [-0.4, -0.2) is 41.0 Å². The molecule has 0 aromatic carbocycles.